The molecule has 0 saturated heterocycles. The zero-order valence-electron chi connectivity index (χ0n) is 13.8. The fourth-order valence-electron chi connectivity index (χ4n) is 3.22. The maximum absolute atomic E-state index is 6.06. The molecule has 0 saturated carbocycles. The first kappa shape index (κ1) is 15.0. The first-order valence-electron chi connectivity index (χ1n) is 8.13. The van der Waals surface area contributed by atoms with Crippen molar-refractivity contribution >= 4 is 28.3 Å². The second-order valence-corrected chi connectivity index (χ2v) is 6.46. The summed E-state index contributed by atoms with van der Waals surface area (Å²) in [4.78, 5) is 4.77. The molecule has 6 nitrogen and oxygen atoms in total. The van der Waals surface area contributed by atoms with Crippen LogP contribution in [0.5, 0.6) is 0 Å². The molecular weight excluding hydrogens is 348 g/mol. The minimum absolute atomic E-state index is 0.687. The number of nitrogens with zero attached hydrogens (tertiary/aromatic N) is 6. The van der Waals surface area contributed by atoms with E-state index in [-0.39, 0.29) is 0 Å². The van der Waals surface area contributed by atoms with Gasteiger partial charge in [-0.2, -0.15) is 4.52 Å². The lowest BCUT2D eigenvalue weighted by atomic mass is 10.1. The Balaban J connectivity index is 1.92. The van der Waals surface area contributed by atoms with E-state index in [1.54, 1.807) is 4.52 Å². The van der Waals surface area contributed by atoms with E-state index in [4.69, 9.17) is 16.6 Å². The molecule has 2 aromatic carbocycles. The molecule has 0 aliphatic rings. The van der Waals surface area contributed by atoms with E-state index >= 15 is 0 Å². The number of hydrogen-bond acceptors (Lipinski definition) is 4. The summed E-state index contributed by atoms with van der Waals surface area (Å²) in [6, 6.07) is 17.9. The molecule has 5 aromatic rings. The number of aromatic nitrogens is 6. The summed E-state index contributed by atoms with van der Waals surface area (Å²) in [7, 11) is 0. The summed E-state index contributed by atoms with van der Waals surface area (Å²) < 4.78 is 3.73. The normalized spacial score (nSPS) is 11.5. The van der Waals surface area contributed by atoms with Crippen molar-refractivity contribution in [2.45, 2.75) is 6.92 Å². The number of rotatable bonds is 2. The van der Waals surface area contributed by atoms with Crippen LogP contribution < -0.4 is 0 Å². The van der Waals surface area contributed by atoms with Gasteiger partial charge in [0.15, 0.2) is 11.3 Å². The molecule has 126 valence electrons. The van der Waals surface area contributed by atoms with Crippen LogP contribution in [0.2, 0.25) is 5.02 Å². The van der Waals surface area contributed by atoms with Crippen LogP contribution in [-0.2, 0) is 0 Å². The van der Waals surface area contributed by atoms with Crippen LogP contribution in [-0.4, -0.2) is 29.6 Å². The van der Waals surface area contributed by atoms with Gasteiger partial charge in [0.25, 0.3) is 0 Å². The third-order valence-electron chi connectivity index (χ3n) is 4.44. The predicted octanol–water partition coefficient (Wildman–Crippen LogP) is 4.09. The maximum Gasteiger partial charge on any atom is 0.192 e. The number of fused-ring (bicyclic) bond motifs is 3. The molecule has 3 heterocycles. The van der Waals surface area contributed by atoms with Gasteiger partial charge in [-0.05, 0) is 47.2 Å². The SMILES string of the molecule is Cc1nc2c(c(-c3ccc(Cl)cc3)cn2-c2ccccc2)c2nnnn12. The lowest BCUT2D eigenvalue weighted by Gasteiger charge is -2.05. The van der Waals surface area contributed by atoms with Gasteiger partial charge in [-0.1, -0.05) is 41.9 Å². The number of para-hydroxylation sites is 1. The van der Waals surface area contributed by atoms with Crippen molar-refractivity contribution in [2.75, 3.05) is 0 Å². The molecule has 0 bridgehead atoms. The van der Waals surface area contributed by atoms with E-state index in [1.165, 1.54) is 0 Å². The van der Waals surface area contributed by atoms with Gasteiger partial charge < -0.3 is 4.57 Å². The predicted molar refractivity (Wildman–Crippen MR) is 101 cm³/mol. The molecule has 0 spiro atoms. The van der Waals surface area contributed by atoms with E-state index in [9.17, 15) is 0 Å². The Hall–Kier alpha value is -3.25. The quantitative estimate of drug-likeness (QED) is 0.475. The first-order chi connectivity index (χ1) is 12.7. The van der Waals surface area contributed by atoms with Gasteiger partial charge in [-0.3, -0.25) is 0 Å². The highest BCUT2D eigenvalue weighted by atomic mass is 35.5. The minimum Gasteiger partial charge on any atom is -0.301 e. The number of benzene rings is 2. The highest BCUT2D eigenvalue weighted by Crippen LogP contribution is 2.34. The van der Waals surface area contributed by atoms with Crippen molar-refractivity contribution in [3.05, 3.63) is 71.6 Å². The third kappa shape index (κ3) is 2.19. The second kappa shape index (κ2) is 5.64. The lowest BCUT2D eigenvalue weighted by Crippen LogP contribution is -2.01. The van der Waals surface area contributed by atoms with Crippen LogP contribution >= 0.6 is 11.6 Å². The van der Waals surface area contributed by atoms with Crippen LogP contribution in [0.3, 0.4) is 0 Å². The molecule has 26 heavy (non-hydrogen) atoms. The standard InChI is InChI=1S/C19H13ClN6/c1-12-21-18-17(19-22-23-24-26(12)19)16(13-7-9-14(20)10-8-13)11-25(18)15-5-3-2-4-6-15/h2-11H,1H3. The van der Waals surface area contributed by atoms with Crippen molar-refractivity contribution in [1.82, 2.24) is 29.6 Å². The highest BCUT2D eigenvalue weighted by molar-refractivity contribution is 6.30. The Morgan fingerprint density at radius 1 is 0.923 bits per heavy atom. The highest BCUT2D eigenvalue weighted by Gasteiger charge is 2.19. The maximum atomic E-state index is 6.06. The van der Waals surface area contributed by atoms with Gasteiger partial charge >= 0.3 is 0 Å². The Kier molecular flexibility index (Phi) is 3.26. The van der Waals surface area contributed by atoms with Crippen molar-refractivity contribution in [3.63, 3.8) is 0 Å². The fourth-order valence-corrected chi connectivity index (χ4v) is 3.35. The van der Waals surface area contributed by atoms with Crippen molar-refractivity contribution in [2.24, 2.45) is 0 Å². The van der Waals surface area contributed by atoms with Crippen LogP contribution in [0.25, 0.3) is 33.5 Å². The summed E-state index contributed by atoms with van der Waals surface area (Å²) in [6.45, 7) is 1.90. The molecule has 3 aromatic heterocycles. The van der Waals surface area contributed by atoms with Crippen LogP contribution in [0.4, 0.5) is 0 Å². The molecule has 5 rings (SSSR count). The molecule has 0 N–H and O–H groups in total. The van der Waals surface area contributed by atoms with E-state index < -0.39 is 0 Å². The van der Waals surface area contributed by atoms with Crippen LogP contribution in [0.1, 0.15) is 5.82 Å². The molecule has 7 heteroatoms. The van der Waals surface area contributed by atoms with Crippen LogP contribution in [0.15, 0.2) is 60.8 Å². The van der Waals surface area contributed by atoms with Gasteiger partial charge in [-0.25, -0.2) is 4.98 Å². The molecule has 0 aliphatic carbocycles. The van der Waals surface area contributed by atoms with Crippen molar-refractivity contribution < 1.29 is 0 Å². The topological polar surface area (TPSA) is 60.9 Å². The molecule has 0 aliphatic heterocycles. The number of halogens is 1. The summed E-state index contributed by atoms with van der Waals surface area (Å²) in [5.41, 5.74) is 4.58. The number of aryl methyl sites for hydroxylation is 1. The molecular formula is C19H13ClN6. The molecule has 0 unspecified atom stereocenters. The van der Waals surface area contributed by atoms with E-state index in [2.05, 4.69) is 26.3 Å². The molecule has 0 amide bonds. The first-order valence-corrected chi connectivity index (χ1v) is 8.51. The molecule has 0 atom stereocenters. The van der Waals surface area contributed by atoms with Gasteiger partial charge in [0, 0.05) is 22.5 Å². The lowest BCUT2D eigenvalue weighted by molar-refractivity contribution is 0.784. The minimum atomic E-state index is 0.687. The Labute approximate surface area is 153 Å². The average Bonchev–Trinajstić information content (AvgIpc) is 3.28. The Morgan fingerprint density at radius 2 is 1.69 bits per heavy atom. The summed E-state index contributed by atoms with van der Waals surface area (Å²) >= 11 is 6.06. The van der Waals surface area contributed by atoms with Gasteiger partial charge in [0.2, 0.25) is 0 Å². The second-order valence-electron chi connectivity index (χ2n) is 6.03. The van der Waals surface area contributed by atoms with Gasteiger partial charge in [0.1, 0.15) is 5.82 Å². The van der Waals surface area contributed by atoms with Gasteiger partial charge in [-0.15, -0.1) is 5.10 Å². The zero-order chi connectivity index (χ0) is 17.7. The average molecular weight is 361 g/mol. The van der Waals surface area contributed by atoms with E-state index in [0.717, 1.165) is 33.7 Å². The Morgan fingerprint density at radius 3 is 2.46 bits per heavy atom. The summed E-state index contributed by atoms with van der Waals surface area (Å²) in [5.74, 6) is 0.732. The summed E-state index contributed by atoms with van der Waals surface area (Å²) in [5, 5.41) is 13.7. The zero-order valence-corrected chi connectivity index (χ0v) is 14.6. The fraction of sp³-hybridized carbons (Fsp3) is 0.0526. The molecule has 0 radical (unpaired) electrons. The molecule has 0 fully saturated rings. The monoisotopic (exact) mass is 360 g/mol. The van der Waals surface area contributed by atoms with E-state index in [1.807, 2.05) is 61.5 Å². The van der Waals surface area contributed by atoms with E-state index in [0.29, 0.717) is 10.7 Å². The third-order valence-corrected chi connectivity index (χ3v) is 4.69. The van der Waals surface area contributed by atoms with Crippen LogP contribution in [0, 0.1) is 6.92 Å². The smallest absolute Gasteiger partial charge is 0.192 e. The van der Waals surface area contributed by atoms with Crippen molar-refractivity contribution in [3.8, 4) is 16.8 Å². The summed E-state index contributed by atoms with van der Waals surface area (Å²) in [6.07, 6.45) is 2.07. The largest absolute Gasteiger partial charge is 0.301 e. The van der Waals surface area contributed by atoms with Crippen molar-refractivity contribution in [1.29, 1.82) is 0 Å². The Bertz CT molecular complexity index is 1240. The number of hydrogen-bond donors (Lipinski definition) is 0. The number of tetrazole rings is 1. The van der Waals surface area contributed by atoms with Gasteiger partial charge in [0.05, 0.1) is 5.39 Å².